The summed E-state index contributed by atoms with van der Waals surface area (Å²) >= 11 is 13.4. The molecule has 2 aromatic carbocycles. The van der Waals surface area contributed by atoms with Gasteiger partial charge in [-0.15, -0.1) is 11.3 Å². The topological polar surface area (TPSA) is 53.5 Å². The molecular weight excluding hydrogens is 448 g/mol. The van der Waals surface area contributed by atoms with Crippen molar-refractivity contribution in [2.45, 2.75) is 0 Å². The zero-order chi connectivity index (χ0) is 21.3. The first-order chi connectivity index (χ1) is 14.4. The third-order valence-electron chi connectivity index (χ3n) is 4.81. The molecule has 154 valence electrons. The lowest BCUT2D eigenvalue weighted by Gasteiger charge is -2.34. The van der Waals surface area contributed by atoms with Crippen molar-refractivity contribution in [3.05, 3.63) is 75.0 Å². The van der Waals surface area contributed by atoms with Gasteiger partial charge in [0.15, 0.2) is 0 Å². The smallest absolute Gasteiger partial charge is 0.273 e. The minimum atomic E-state index is -0.493. The Hall–Kier alpha value is -2.48. The van der Waals surface area contributed by atoms with Gasteiger partial charge < -0.3 is 9.80 Å². The fourth-order valence-electron chi connectivity index (χ4n) is 3.23. The molecule has 30 heavy (non-hydrogen) atoms. The summed E-state index contributed by atoms with van der Waals surface area (Å²) in [4.78, 5) is 33.2. The molecule has 1 aliphatic rings. The molecule has 5 nitrogen and oxygen atoms in total. The number of nitrogens with zero attached hydrogens (tertiary/aromatic N) is 3. The van der Waals surface area contributed by atoms with E-state index in [0.29, 0.717) is 36.9 Å². The normalized spacial score (nSPS) is 14.1. The van der Waals surface area contributed by atoms with Gasteiger partial charge in [-0.2, -0.15) is 0 Å². The van der Waals surface area contributed by atoms with E-state index in [1.165, 1.54) is 23.5 Å². The Morgan fingerprint density at radius 2 is 1.67 bits per heavy atom. The monoisotopic (exact) mass is 463 g/mol. The highest BCUT2D eigenvalue weighted by Crippen LogP contribution is 2.27. The van der Waals surface area contributed by atoms with Crippen LogP contribution < -0.4 is 0 Å². The Balaban J connectivity index is 1.40. The largest absolute Gasteiger partial charge is 0.335 e. The summed E-state index contributed by atoms with van der Waals surface area (Å²) in [5, 5.41) is 3.14. The van der Waals surface area contributed by atoms with Gasteiger partial charge in [0.05, 0.1) is 10.6 Å². The molecule has 0 aliphatic carbocycles. The maximum atomic E-state index is 13.2. The summed E-state index contributed by atoms with van der Waals surface area (Å²) in [7, 11) is 0. The van der Waals surface area contributed by atoms with Crippen LogP contribution >= 0.6 is 34.5 Å². The molecule has 2 heterocycles. The summed E-state index contributed by atoms with van der Waals surface area (Å²) in [5.41, 5.74) is 1.48. The molecule has 0 bridgehead atoms. The van der Waals surface area contributed by atoms with Crippen molar-refractivity contribution >= 4 is 46.4 Å². The van der Waals surface area contributed by atoms with Gasteiger partial charge in [-0.05, 0) is 30.3 Å². The number of aromatic nitrogens is 1. The van der Waals surface area contributed by atoms with E-state index < -0.39 is 5.82 Å². The van der Waals surface area contributed by atoms with Gasteiger partial charge in [0.25, 0.3) is 11.8 Å². The number of hydrogen-bond acceptors (Lipinski definition) is 4. The van der Waals surface area contributed by atoms with E-state index >= 15 is 0 Å². The van der Waals surface area contributed by atoms with Crippen LogP contribution in [0, 0.1) is 5.82 Å². The number of halogens is 3. The summed E-state index contributed by atoms with van der Waals surface area (Å²) in [6, 6.07) is 11.0. The first-order valence-corrected chi connectivity index (χ1v) is 10.8. The molecule has 4 rings (SSSR count). The molecule has 9 heteroatoms. The van der Waals surface area contributed by atoms with Crippen molar-refractivity contribution in [1.82, 2.24) is 14.8 Å². The molecule has 0 N–H and O–H groups in total. The highest BCUT2D eigenvalue weighted by molar-refractivity contribution is 7.13. The summed E-state index contributed by atoms with van der Waals surface area (Å²) in [6.45, 7) is 1.49. The van der Waals surface area contributed by atoms with Crippen LogP contribution in [0.2, 0.25) is 10.0 Å². The molecule has 0 radical (unpaired) electrons. The van der Waals surface area contributed by atoms with Gasteiger partial charge in [-0.25, -0.2) is 9.37 Å². The SMILES string of the molecule is O=C(c1csc(-c2cccc(Cl)c2)n1)N1CCN(C(=O)c2ccc(F)cc2Cl)CC1. The van der Waals surface area contributed by atoms with E-state index in [9.17, 15) is 14.0 Å². The molecule has 0 atom stereocenters. The van der Waals surface area contributed by atoms with Crippen molar-refractivity contribution in [3.8, 4) is 10.6 Å². The highest BCUT2D eigenvalue weighted by atomic mass is 35.5. The number of thiazole rings is 1. The first-order valence-electron chi connectivity index (χ1n) is 9.17. The van der Waals surface area contributed by atoms with Crippen LogP contribution in [0.4, 0.5) is 4.39 Å². The van der Waals surface area contributed by atoms with Crippen LogP contribution in [0.3, 0.4) is 0 Å². The summed E-state index contributed by atoms with van der Waals surface area (Å²) in [5.74, 6) is -0.942. The maximum absolute atomic E-state index is 13.2. The fraction of sp³-hybridized carbons (Fsp3) is 0.190. The van der Waals surface area contributed by atoms with Gasteiger partial charge in [0, 0.05) is 42.1 Å². The zero-order valence-electron chi connectivity index (χ0n) is 15.6. The number of carbonyl (C=O) groups excluding carboxylic acids is 2. The Bertz CT molecular complexity index is 1110. The first kappa shape index (κ1) is 20.8. The van der Waals surface area contributed by atoms with Crippen LogP contribution in [-0.4, -0.2) is 52.8 Å². The Kier molecular flexibility index (Phi) is 6.04. The van der Waals surface area contributed by atoms with E-state index in [1.54, 1.807) is 27.3 Å². The molecule has 1 saturated heterocycles. The third-order valence-corrected chi connectivity index (χ3v) is 6.25. The van der Waals surface area contributed by atoms with E-state index in [0.717, 1.165) is 16.6 Å². The van der Waals surface area contributed by atoms with E-state index in [-0.39, 0.29) is 22.4 Å². The van der Waals surface area contributed by atoms with Crippen LogP contribution in [0.25, 0.3) is 10.6 Å². The molecule has 3 aromatic rings. The van der Waals surface area contributed by atoms with Crippen molar-refractivity contribution in [1.29, 1.82) is 0 Å². The quantitative estimate of drug-likeness (QED) is 0.557. The van der Waals surface area contributed by atoms with Gasteiger partial charge in [0.1, 0.15) is 16.5 Å². The van der Waals surface area contributed by atoms with Crippen molar-refractivity contribution in [3.63, 3.8) is 0 Å². The second kappa shape index (κ2) is 8.71. The molecule has 0 unspecified atom stereocenters. The second-order valence-electron chi connectivity index (χ2n) is 6.76. The lowest BCUT2D eigenvalue weighted by molar-refractivity contribution is 0.0533. The van der Waals surface area contributed by atoms with E-state index in [2.05, 4.69) is 4.98 Å². The van der Waals surface area contributed by atoms with Crippen LogP contribution in [0.5, 0.6) is 0 Å². The number of rotatable bonds is 3. The standard InChI is InChI=1S/C21H16Cl2FN3O2S/c22-14-3-1-2-13(10-14)19-25-18(12-30-19)21(29)27-8-6-26(7-9-27)20(28)16-5-4-15(24)11-17(16)23/h1-5,10-12H,6-9H2. The highest BCUT2D eigenvalue weighted by Gasteiger charge is 2.27. The zero-order valence-corrected chi connectivity index (χ0v) is 18.0. The number of hydrogen-bond donors (Lipinski definition) is 0. The number of amides is 2. The molecular formula is C21H16Cl2FN3O2S. The second-order valence-corrected chi connectivity index (χ2v) is 8.46. The molecule has 1 aromatic heterocycles. The lowest BCUT2D eigenvalue weighted by atomic mass is 10.1. The molecule has 1 fully saturated rings. The van der Waals surface area contributed by atoms with Gasteiger partial charge in [0.2, 0.25) is 0 Å². The molecule has 2 amide bonds. The molecule has 0 spiro atoms. The average Bonchev–Trinajstić information content (AvgIpc) is 3.23. The lowest BCUT2D eigenvalue weighted by Crippen LogP contribution is -2.50. The van der Waals surface area contributed by atoms with Gasteiger partial charge in [-0.3, -0.25) is 9.59 Å². The van der Waals surface area contributed by atoms with E-state index in [4.69, 9.17) is 23.2 Å². The predicted molar refractivity (Wildman–Crippen MR) is 116 cm³/mol. The fourth-order valence-corrected chi connectivity index (χ4v) is 4.46. The Morgan fingerprint density at radius 1 is 0.967 bits per heavy atom. The molecule has 0 saturated carbocycles. The minimum absolute atomic E-state index is 0.0783. The van der Waals surface area contributed by atoms with Gasteiger partial charge in [-0.1, -0.05) is 35.3 Å². The van der Waals surface area contributed by atoms with E-state index in [1.807, 2.05) is 12.1 Å². The average molecular weight is 464 g/mol. The van der Waals surface area contributed by atoms with Crippen molar-refractivity contribution in [2.24, 2.45) is 0 Å². The van der Waals surface area contributed by atoms with Crippen molar-refractivity contribution < 1.29 is 14.0 Å². The van der Waals surface area contributed by atoms with Crippen molar-refractivity contribution in [2.75, 3.05) is 26.2 Å². The number of benzene rings is 2. The molecule has 1 aliphatic heterocycles. The van der Waals surface area contributed by atoms with Gasteiger partial charge >= 0.3 is 0 Å². The Labute approximate surface area is 186 Å². The summed E-state index contributed by atoms with van der Waals surface area (Å²) in [6.07, 6.45) is 0. The maximum Gasteiger partial charge on any atom is 0.273 e. The van der Waals surface area contributed by atoms with Crippen LogP contribution in [0.15, 0.2) is 47.8 Å². The van der Waals surface area contributed by atoms with Crippen LogP contribution in [-0.2, 0) is 0 Å². The Morgan fingerprint density at radius 3 is 2.33 bits per heavy atom. The third kappa shape index (κ3) is 4.33. The number of carbonyl (C=O) groups is 2. The predicted octanol–water partition coefficient (Wildman–Crippen LogP) is 4.85. The van der Waals surface area contributed by atoms with Crippen LogP contribution in [0.1, 0.15) is 20.8 Å². The number of piperazine rings is 1. The summed E-state index contributed by atoms with van der Waals surface area (Å²) < 4.78 is 13.2. The minimum Gasteiger partial charge on any atom is -0.335 e.